The van der Waals surface area contributed by atoms with Crippen molar-refractivity contribution in [2.75, 3.05) is 0 Å². The fourth-order valence-corrected chi connectivity index (χ4v) is 1.99. The van der Waals surface area contributed by atoms with Crippen molar-refractivity contribution >= 4 is 6.29 Å². The molecule has 0 aliphatic heterocycles. The summed E-state index contributed by atoms with van der Waals surface area (Å²) < 4.78 is 0. The molecule has 0 heterocycles. The van der Waals surface area contributed by atoms with Gasteiger partial charge in [0.1, 0.15) is 6.29 Å². The standard InChI is InChI=1S/C13H18O/c1-4-5-7-13(10-14)8-6-11(2)9-12(13)3/h4-5,7,9-10,12H,1,6,8H2,2-3H3. The summed E-state index contributed by atoms with van der Waals surface area (Å²) in [5.74, 6) is 0.296. The summed E-state index contributed by atoms with van der Waals surface area (Å²) in [6, 6.07) is 0. The molecule has 0 amide bonds. The lowest BCUT2D eigenvalue weighted by molar-refractivity contribution is -0.115. The molecule has 2 unspecified atom stereocenters. The molecule has 0 aromatic carbocycles. The van der Waals surface area contributed by atoms with Gasteiger partial charge in [-0.15, -0.1) is 0 Å². The third kappa shape index (κ3) is 2.03. The van der Waals surface area contributed by atoms with Gasteiger partial charge in [-0.2, -0.15) is 0 Å². The van der Waals surface area contributed by atoms with Crippen molar-refractivity contribution in [1.29, 1.82) is 0 Å². The Hall–Kier alpha value is -1.11. The van der Waals surface area contributed by atoms with E-state index in [-0.39, 0.29) is 5.41 Å². The maximum atomic E-state index is 11.2. The molecule has 0 fully saturated rings. The van der Waals surface area contributed by atoms with E-state index in [9.17, 15) is 4.79 Å². The van der Waals surface area contributed by atoms with Crippen molar-refractivity contribution in [2.45, 2.75) is 26.7 Å². The predicted molar refractivity (Wildman–Crippen MR) is 60.0 cm³/mol. The smallest absolute Gasteiger partial charge is 0.130 e. The van der Waals surface area contributed by atoms with Gasteiger partial charge in [-0.05, 0) is 25.7 Å². The number of allylic oxidation sites excluding steroid dienone is 5. The average molecular weight is 190 g/mol. The van der Waals surface area contributed by atoms with Gasteiger partial charge in [0.25, 0.3) is 0 Å². The molecule has 1 rings (SSSR count). The summed E-state index contributed by atoms with van der Waals surface area (Å²) in [5, 5.41) is 0. The number of carbonyl (C=O) groups excluding carboxylic acids is 1. The number of hydrogen-bond donors (Lipinski definition) is 0. The van der Waals surface area contributed by atoms with E-state index in [2.05, 4.69) is 26.5 Å². The SMILES string of the molecule is C=CC=CC1(C=O)CCC(C)=CC1C. The van der Waals surface area contributed by atoms with Crippen molar-refractivity contribution in [3.8, 4) is 0 Å². The zero-order valence-corrected chi connectivity index (χ0v) is 8.99. The van der Waals surface area contributed by atoms with E-state index in [1.807, 2.05) is 12.2 Å². The topological polar surface area (TPSA) is 17.1 Å². The Labute approximate surface area is 86.2 Å². The number of carbonyl (C=O) groups is 1. The van der Waals surface area contributed by atoms with Crippen molar-refractivity contribution in [3.05, 3.63) is 36.5 Å². The van der Waals surface area contributed by atoms with E-state index in [0.29, 0.717) is 5.92 Å². The van der Waals surface area contributed by atoms with Crippen LogP contribution in [0.5, 0.6) is 0 Å². The molecule has 1 aliphatic rings. The van der Waals surface area contributed by atoms with Crippen LogP contribution in [0.3, 0.4) is 0 Å². The maximum Gasteiger partial charge on any atom is 0.130 e. The Morgan fingerprint density at radius 1 is 1.64 bits per heavy atom. The monoisotopic (exact) mass is 190 g/mol. The normalized spacial score (nSPS) is 32.7. The zero-order chi connectivity index (χ0) is 10.6. The molecule has 0 bridgehead atoms. The second-order valence-electron chi connectivity index (χ2n) is 4.13. The Kier molecular flexibility index (Phi) is 3.45. The van der Waals surface area contributed by atoms with Crippen LogP contribution in [0, 0.1) is 11.3 Å². The second-order valence-corrected chi connectivity index (χ2v) is 4.13. The highest BCUT2D eigenvalue weighted by molar-refractivity contribution is 5.64. The lowest BCUT2D eigenvalue weighted by Gasteiger charge is -2.33. The molecule has 0 N–H and O–H groups in total. The van der Waals surface area contributed by atoms with Crippen LogP contribution in [0.1, 0.15) is 26.7 Å². The predicted octanol–water partition coefficient (Wildman–Crippen LogP) is 3.29. The molecule has 2 atom stereocenters. The van der Waals surface area contributed by atoms with Gasteiger partial charge in [0.2, 0.25) is 0 Å². The summed E-state index contributed by atoms with van der Waals surface area (Å²) >= 11 is 0. The van der Waals surface area contributed by atoms with Crippen LogP contribution in [0.15, 0.2) is 36.5 Å². The summed E-state index contributed by atoms with van der Waals surface area (Å²) in [4.78, 5) is 11.2. The number of aldehydes is 1. The highest BCUT2D eigenvalue weighted by atomic mass is 16.1. The van der Waals surface area contributed by atoms with Crippen molar-refractivity contribution in [2.24, 2.45) is 11.3 Å². The highest BCUT2D eigenvalue weighted by Gasteiger charge is 2.34. The molecular formula is C13H18O. The Morgan fingerprint density at radius 2 is 2.36 bits per heavy atom. The van der Waals surface area contributed by atoms with Gasteiger partial charge >= 0.3 is 0 Å². The van der Waals surface area contributed by atoms with Crippen LogP contribution in [-0.2, 0) is 4.79 Å². The fourth-order valence-electron chi connectivity index (χ4n) is 1.99. The second kappa shape index (κ2) is 4.41. The molecule has 0 aromatic heterocycles. The summed E-state index contributed by atoms with van der Waals surface area (Å²) in [7, 11) is 0. The molecular weight excluding hydrogens is 172 g/mol. The zero-order valence-electron chi connectivity index (χ0n) is 8.99. The summed E-state index contributed by atoms with van der Waals surface area (Å²) in [6.45, 7) is 7.86. The van der Waals surface area contributed by atoms with Gasteiger partial charge < -0.3 is 4.79 Å². The Bertz CT molecular complexity index is 286. The fraction of sp³-hybridized carbons (Fsp3) is 0.462. The number of hydrogen-bond acceptors (Lipinski definition) is 1. The quantitative estimate of drug-likeness (QED) is 0.379. The van der Waals surface area contributed by atoms with E-state index in [4.69, 9.17) is 0 Å². The van der Waals surface area contributed by atoms with Crippen LogP contribution in [0.25, 0.3) is 0 Å². The van der Waals surface area contributed by atoms with Gasteiger partial charge in [0, 0.05) is 0 Å². The van der Waals surface area contributed by atoms with Crippen LogP contribution < -0.4 is 0 Å². The molecule has 1 heteroatoms. The number of rotatable bonds is 3. The first-order valence-electron chi connectivity index (χ1n) is 5.08. The largest absolute Gasteiger partial charge is 0.302 e. The lowest BCUT2D eigenvalue weighted by atomic mass is 9.69. The minimum atomic E-state index is -0.298. The first-order valence-corrected chi connectivity index (χ1v) is 5.08. The van der Waals surface area contributed by atoms with Gasteiger partial charge in [-0.25, -0.2) is 0 Å². The molecule has 1 aliphatic carbocycles. The van der Waals surface area contributed by atoms with E-state index < -0.39 is 0 Å². The molecule has 76 valence electrons. The molecule has 14 heavy (non-hydrogen) atoms. The van der Waals surface area contributed by atoms with Crippen LogP contribution in [0.2, 0.25) is 0 Å². The summed E-state index contributed by atoms with van der Waals surface area (Å²) in [6.07, 6.45) is 10.8. The molecule has 0 spiro atoms. The minimum Gasteiger partial charge on any atom is -0.302 e. The molecule has 0 saturated heterocycles. The lowest BCUT2D eigenvalue weighted by Crippen LogP contribution is -2.30. The van der Waals surface area contributed by atoms with E-state index in [1.165, 1.54) is 5.57 Å². The Balaban J connectivity index is 2.95. The highest BCUT2D eigenvalue weighted by Crippen LogP contribution is 2.39. The van der Waals surface area contributed by atoms with Gasteiger partial charge in [0.05, 0.1) is 5.41 Å². The van der Waals surface area contributed by atoms with E-state index in [1.54, 1.807) is 6.08 Å². The van der Waals surface area contributed by atoms with Crippen molar-refractivity contribution in [3.63, 3.8) is 0 Å². The molecule has 1 nitrogen and oxygen atoms in total. The molecule has 0 aromatic rings. The molecule has 0 radical (unpaired) electrons. The van der Waals surface area contributed by atoms with Gasteiger partial charge in [-0.1, -0.05) is 43.4 Å². The average Bonchev–Trinajstić information content (AvgIpc) is 2.18. The first kappa shape index (κ1) is 11.0. The van der Waals surface area contributed by atoms with E-state index >= 15 is 0 Å². The van der Waals surface area contributed by atoms with Gasteiger partial charge in [0.15, 0.2) is 0 Å². The van der Waals surface area contributed by atoms with Crippen molar-refractivity contribution < 1.29 is 4.79 Å². The first-order chi connectivity index (χ1) is 6.64. The third-order valence-electron chi connectivity index (χ3n) is 3.10. The summed E-state index contributed by atoms with van der Waals surface area (Å²) in [5.41, 5.74) is 1.09. The van der Waals surface area contributed by atoms with Crippen LogP contribution in [0.4, 0.5) is 0 Å². The van der Waals surface area contributed by atoms with Crippen LogP contribution in [-0.4, -0.2) is 6.29 Å². The van der Waals surface area contributed by atoms with E-state index in [0.717, 1.165) is 19.1 Å². The third-order valence-corrected chi connectivity index (χ3v) is 3.10. The minimum absolute atomic E-state index is 0.296. The Morgan fingerprint density at radius 3 is 2.86 bits per heavy atom. The molecule has 0 saturated carbocycles. The maximum absolute atomic E-state index is 11.2. The van der Waals surface area contributed by atoms with Gasteiger partial charge in [-0.3, -0.25) is 0 Å². The van der Waals surface area contributed by atoms with Crippen LogP contribution >= 0.6 is 0 Å². The van der Waals surface area contributed by atoms with Crippen molar-refractivity contribution in [1.82, 2.24) is 0 Å².